The molecule has 3 fully saturated rings. The lowest BCUT2D eigenvalue weighted by Crippen LogP contribution is -2.59. The van der Waals surface area contributed by atoms with E-state index in [0.717, 1.165) is 24.6 Å². The van der Waals surface area contributed by atoms with E-state index < -0.39 is 23.5 Å². The number of fused-ring (bicyclic) bond motifs is 1. The van der Waals surface area contributed by atoms with Crippen molar-refractivity contribution in [1.29, 1.82) is 0 Å². The van der Waals surface area contributed by atoms with Gasteiger partial charge < -0.3 is 5.73 Å². The Balaban J connectivity index is 1.38. The molecule has 3 heterocycles. The fraction of sp³-hybridized carbons (Fsp3) is 0.619. The van der Waals surface area contributed by atoms with E-state index >= 15 is 0 Å². The fourth-order valence-corrected chi connectivity index (χ4v) is 5.41. The largest absolute Gasteiger partial charge is 0.419 e. The van der Waals surface area contributed by atoms with Crippen molar-refractivity contribution in [3.8, 4) is 11.3 Å². The summed E-state index contributed by atoms with van der Waals surface area (Å²) in [5, 5.41) is 4.58. The molecule has 0 bridgehead atoms. The average molecular weight is 441 g/mol. The van der Waals surface area contributed by atoms with Gasteiger partial charge in [0.05, 0.1) is 24.3 Å². The van der Waals surface area contributed by atoms with Crippen LogP contribution in [-0.2, 0) is 6.18 Å². The molecule has 2 aromatic heterocycles. The minimum atomic E-state index is -4.59. The van der Waals surface area contributed by atoms with Gasteiger partial charge in [0.25, 0.3) is 5.92 Å². The molecule has 5 rings (SSSR count). The van der Waals surface area contributed by atoms with Gasteiger partial charge >= 0.3 is 6.18 Å². The van der Waals surface area contributed by atoms with E-state index in [0.29, 0.717) is 17.5 Å². The molecule has 2 aliphatic carbocycles. The number of pyridine rings is 1. The van der Waals surface area contributed by atoms with Crippen LogP contribution in [0.25, 0.3) is 11.3 Å². The Labute approximate surface area is 176 Å². The van der Waals surface area contributed by atoms with Crippen LogP contribution in [0.1, 0.15) is 49.9 Å². The van der Waals surface area contributed by atoms with Crippen LogP contribution in [0.4, 0.5) is 27.8 Å². The summed E-state index contributed by atoms with van der Waals surface area (Å²) < 4.78 is 68.0. The molecule has 5 nitrogen and oxygen atoms in total. The number of hydrogen-bond acceptors (Lipinski definition) is 4. The average Bonchev–Trinajstić information content (AvgIpc) is 3.02. The van der Waals surface area contributed by atoms with Crippen LogP contribution in [0.15, 0.2) is 18.3 Å². The minimum absolute atomic E-state index is 0.0405. The van der Waals surface area contributed by atoms with Gasteiger partial charge in [-0.05, 0) is 50.7 Å². The molecule has 2 unspecified atom stereocenters. The maximum atomic E-state index is 13.2. The Morgan fingerprint density at radius 1 is 1.13 bits per heavy atom. The van der Waals surface area contributed by atoms with E-state index in [1.54, 1.807) is 0 Å². The summed E-state index contributed by atoms with van der Waals surface area (Å²) in [6.07, 6.45) is -1.51. The standard InChI is InChI=1S/C21H24F5N5/c1-10(2)31-17(18-13-4-12(5-14(13)18)30-8-20(22,23)9-30)6-16(29-31)11-3-15(21(24,25)26)19(27)28-7-11/h3,6-7,10,12-14,18H,4-5,8-9H2,1-2H3,(H2,27,28)/t12?,13-,14+,18?. The lowest BCUT2D eigenvalue weighted by molar-refractivity contribution is -0.146. The van der Waals surface area contributed by atoms with Gasteiger partial charge in [0, 0.05) is 35.5 Å². The summed E-state index contributed by atoms with van der Waals surface area (Å²) in [5.74, 6) is -2.02. The van der Waals surface area contributed by atoms with Gasteiger partial charge in [-0.1, -0.05) is 0 Å². The SMILES string of the molecule is CC(C)n1nc(-c2cnc(N)c(C(F)(F)F)c2)cc1C1[C@H]2CC(N3CC(F)(F)C3)C[C@@H]12. The number of likely N-dealkylation sites (tertiary alicyclic amines) is 1. The highest BCUT2D eigenvalue weighted by molar-refractivity contribution is 5.63. The zero-order chi connectivity index (χ0) is 22.3. The van der Waals surface area contributed by atoms with Crippen LogP contribution in [0, 0.1) is 11.8 Å². The minimum Gasteiger partial charge on any atom is -0.383 e. The molecule has 0 aromatic carbocycles. The monoisotopic (exact) mass is 441 g/mol. The molecule has 1 aliphatic heterocycles. The number of nitrogen functional groups attached to an aromatic ring is 1. The summed E-state index contributed by atoms with van der Waals surface area (Å²) in [4.78, 5) is 5.59. The smallest absolute Gasteiger partial charge is 0.383 e. The van der Waals surface area contributed by atoms with Gasteiger partial charge in [0.2, 0.25) is 0 Å². The quantitative estimate of drug-likeness (QED) is 0.707. The van der Waals surface area contributed by atoms with Gasteiger partial charge in [0.15, 0.2) is 0 Å². The second kappa shape index (κ2) is 6.63. The number of halogens is 5. The first-order valence-electron chi connectivity index (χ1n) is 10.5. The number of nitrogens with zero attached hydrogens (tertiary/aromatic N) is 4. The molecule has 0 spiro atoms. The van der Waals surface area contributed by atoms with Crippen LogP contribution < -0.4 is 5.73 Å². The maximum Gasteiger partial charge on any atom is 0.419 e. The summed E-state index contributed by atoms with van der Waals surface area (Å²) in [7, 11) is 0. The van der Waals surface area contributed by atoms with E-state index in [-0.39, 0.29) is 36.7 Å². The molecule has 3 aliphatic rings. The molecule has 1 saturated heterocycles. The zero-order valence-corrected chi connectivity index (χ0v) is 17.2. The molecular weight excluding hydrogens is 417 g/mol. The van der Waals surface area contributed by atoms with Crippen molar-refractivity contribution in [3.05, 3.63) is 29.6 Å². The van der Waals surface area contributed by atoms with Crippen molar-refractivity contribution in [2.45, 2.75) is 56.8 Å². The van der Waals surface area contributed by atoms with E-state index in [9.17, 15) is 22.0 Å². The molecule has 168 valence electrons. The predicted molar refractivity (Wildman–Crippen MR) is 105 cm³/mol. The van der Waals surface area contributed by atoms with Gasteiger partial charge in [-0.25, -0.2) is 13.8 Å². The van der Waals surface area contributed by atoms with Crippen LogP contribution in [0.5, 0.6) is 0 Å². The Morgan fingerprint density at radius 3 is 2.32 bits per heavy atom. The second-order valence-corrected chi connectivity index (χ2v) is 9.39. The highest BCUT2D eigenvalue weighted by Gasteiger charge is 2.61. The van der Waals surface area contributed by atoms with Crippen molar-refractivity contribution in [3.63, 3.8) is 0 Å². The molecule has 2 N–H and O–H groups in total. The summed E-state index contributed by atoms with van der Waals surface area (Å²) in [5.41, 5.74) is 6.16. The van der Waals surface area contributed by atoms with Crippen molar-refractivity contribution in [1.82, 2.24) is 19.7 Å². The van der Waals surface area contributed by atoms with Crippen LogP contribution in [-0.4, -0.2) is 44.7 Å². The lowest BCUT2D eigenvalue weighted by atomic mass is 9.99. The maximum absolute atomic E-state index is 13.2. The fourth-order valence-electron chi connectivity index (χ4n) is 5.41. The molecule has 31 heavy (non-hydrogen) atoms. The highest BCUT2D eigenvalue weighted by Crippen LogP contribution is 2.64. The predicted octanol–water partition coefficient (Wildman–Crippen LogP) is 4.57. The van der Waals surface area contributed by atoms with E-state index in [2.05, 4.69) is 10.1 Å². The van der Waals surface area contributed by atoms with Gasteiger partial charge in [0.1, 0.15) is 5.82 Å². The third kappa shape index (κ3) is 3.48. The van der Waals surface area contributed by atoms with Crippen molar-refractivity contribution in [2.75, 3.05) is 18.8 Å². The van der Waals surface area contributed by atoms with Crippen LogP contribution in [0.2, 0.25) is 0 Å². The van der Waals surface area contributed by atoms with Gasteiger partial charge in [-0.2, -0.15) is 18.3 Å². The molecule has 0 radical (unpaired) electrons. The molecular formula is C21H24F5N5. The molecule has 2 aromatic rings. The van der Waals surface area contributed by atoms with E-state index in [1.807, 2.05) is 29.5 Å². The summed E-state index contributed by atoms with van der Waals surface area (Å²) in [6, 6.07) is 3.09. The molecule has 0 amide bonds. The second-order valence-electron chi connectivity index (χ2n) is 9.39. The zero-order valence-electron chi connectivity index (χ0n) is 17.2. The highest BCUT2D eigenvalue weighted by atomic mass is 19.4. The van der Waals surface area contributed by atoms with Crippen molar-refractivity contribution in [2.24, 2.45) is 11.8 Å². The Bertz CT molecular complexity index is 994. The normalized spacial score (nSPS) is 29.8. The van der Waals surface area contributed by atoms with Crippen molar-refractivity contribution >= 4 is 5.82 Å². The van der Waals surface area contributed by atoms with Crippen LogP contribution >= 0.6 is 0 Å². The van der Waals surface area contributed by atoms with Gasteiger partial charge in [-0.3, -0.25) is 9.58 Å². The Morgan fingerprint density at radius 2 is 1.77 bits per heavy atom. The Kier molecular flexibility index (Phi) is 4.42. The van der Waals surface area contributed by atoms with Crippen LogP contribution in [0.3, 0.4) is 0 Å². The first kappa shape index (κ1) is 20.7. The molecule has 4 atom stereocenters. The summed E-state index contributed by atoms with van der Waals surface area (Å²) >= 11 is 0. The third-order valence-corrected chi connectivity index (χ3v) is 6.92. The number of alkyl halides is 5. The Hall–Kier alpha value is -2.23. The number of nitrogens with two attached hydrogens (primary N) is 1. The first-order chi connectivity index (χ1) is 14.4. The van der Waals surface area contributed by atoms with Gasteiger partial charge in [-0.15, -0.1) is 0 Å². The molecule has 10 heteroatoms. The summed E-state index contributed by atoms with van der Waals surface area (Å²) in [6.45, 7) is 3.65. The number of rotatable bonds is 4. The van der Waals surface area contributed by atoms with E-state index in [4.69, 9.17) is 5.73 Å². The topological polar surface area (TPSA) is 60.0 Å². The van der Waals surface area contributed by atoms with E-state index in [1.165, 1.54) is 6.20 Å². The number of anilines is 1. The number of hydrogen-bond donors (Lipinski definition) is 1. The third-order valence-electron chi connectivity index (χ3n) is 6.92. The van der Waals surface area contributed by atoms with Crippen molar-refractivity contribution < 1.29 is 22.0 Å². The lowest BCUT2D eigenvalue weighted by Gasteiger charge is -2.43. The molecule has 2 saturated carbocycles. The number of aromatic nitrogens is 3. The first-order valence-corrected chi connectivity index (χ1v) is 10.5.